The topological polar surface area (TPSA) is 40.5 Å². The molecule has 3 heteroatoms. The molecule has 3 fully saturated rings. The lowest BCUT2D eigenvalue weighted by atomic mass is 9.67. The van der Waals surface area contributed by atoms with Crippen LogP contribution in [0.5, 0.6) is 0 Å². The first kappa shape index (κ1) is 19.2. The molecule has 1 heterocycles. The van der Waals surface area contributed by atoms with Crippen molar-refractivity contribution in [3.63, 3.8) is 0 Å². The number of hydrogen-bond donors (Lipinski definition) is 1. The van der Waals surface area contributed by atoms with Crippen molar-refractivity contribution < 1.29 is 9.90 Å². The molecule has 0 aromatic heterocycles. The molecule has 1 saturated heterocycles. The first-order valence-electron chi connectivity index (χ1n) is 10.7. The van der Waals surface area contributed by atoms with Crippen LogP contribution in [0.3, 0.4) is 0 Å². The lowest BCUT2D eigenvalue weighted by Crippen LogP contribution is -2.45. The summed E-state index contributed by atoms with van der Waals surface area (Å²) in [6, 6.07) is 0. The quantitative estimate of drug-likeness (QED) is 0.780. The van der Waals surface area contributed by atoms with Gasteiger partial charge >= 0.3 is 0 Å². The van der Waals surface area contributed by atoms with Gasteiger partial charge in [0.05, 0.1) is 6.10 Å². The van der Waals surface area contributed by atoms with Crippen molar-refractivity contribution in [3.8, 4) is 0 Å². The number of amides is 1. The van der Waals surface area contributed by atoms with Gasteiger partial charge in [-0.15, -0.1) is 0 Å². The first-order chi connectivity index (χ1) is 11.8. The Labute approximate surface area is 154 Å². The van der Waals surface area contributed by atoms with Crippen LogP contribution >= 0.6 is 0 Å². The minimum Gasteiger partial charge on any atom is -0.393 e. The number of hydrogen-bond acceptors (Lipinski definition) is 2. The Bertz CT molecular complexity index is 441. The molecule has 1 amide bonds. The van der Waals surface area contributed by atoms with Crippen LogP contribution in [0.4, 0.5) is 0 Å². The van der Waals surface area contributed by atoms with E-state index in [0.29, 0.717) is 22.7 Å². The third-order valence-electron chi connectivity index (χ3n) is 7.73. The molecule has 0 bridgehead atoms. The molecule has 0 atom stereocenters. The fourth-order valence-electron chi connectivity index (χ4n) is 5.55. The SMILES string of the molecule is CC(C)(C)C1CCC(CC(=O)N2CCC3(CCC(O)CC3)CC2)CC1. The summed E-state index contributed by atoms with van der Waals surface area (Å²) in [4.78, 5) is 14.9. The summed E-state index contributed by atoms with van der Waals surface area (Å²) in [6.07, 6.45) is 12.3. The van der Waals surface area contributed by atoms with Gasteiger partial charge in [0.1, 0.15) is 0 Å². The molecule has 2 aliphatic carbocycles. The van der Waals surface area contributed by atoms with E-state index in [1.54, 1.807) is 0 Å². The number of carbonyl (C=O) groups excluding carboxylic acids is 1. The summed E-state index contributed by atoms with van der Waals surface area (Å²) in [5.74, 6) is 1.85. The van der Waals surface area contributed by atoms with Crippen molar-refractivity contribution in [2.75, 3.05) is 13.1 Å². The van der Waals surface area contributed by atoms with Crippen LogP contribution in [0.25, 0.3) is 0 Å². The van der Waals surface area contributed by atoms with E-state index in [1.165, 1.54) is 25.7 Å². The van der Waals surface area contributed by atoms with Crippen LogP contribution in [0.15, 0.2) is 0 Å². The van der Waals surface area contributed by atoms with E-state index in [1.807, 2.05) is 0 Å². The molecule has 144 valence electrons. The summed E-state index contributed by atoms with van der Waals surface area (Å²) < 4.78 is 0. The normalized spacial score (nSPS) is 31.3. The Morgan fingerprint density at radius 2 is 1.52 bits per heavy atom. The lowest BCUT2D eigenvalue weighted by molar-refractivity contribution is -0.135. The summed E-state index contributed by atoms with van der Waals surface area (Å²) in [6.45, 7) is 8.98. The predicted molar refractivity (Wildman–Crippen MR) is 102 cm³/mol. The molecule has 3 aliphatic rings. The Morgan fingerprint density at radius 1 is 0.960 bits per heavy atom. The maximum Gasteiger partial charge on any atom is 0.222 e. The highest BCUT2D eigenvalue weighted by Gasteiger charge is 2.39. The van der Waals surface area contributed by atoms with Crippen molar-refractivity contribution in [2.24, 2.45) is 22.7 Å². The number of nitrogens with zero attached hydrogens (tertiary/aromatic N) is 1. The van der Waals surface area contributed by atoms with Gasteiger partial charge in [0.15, 0.2) is 0 Å². The van der Waals surface area contributed by atoms with Crippen molar-refractivity contribution in [1.29, 1.82) is 0 Å². The van der Waals surface area contributed by atoms with Crippen molar-refractivity contribution in [3.05, 3.63) is 0 Å². The van der Waals surface area contributed by atoms with Crippen LogP contribution in [0, 0.1) is 22.7 Å². The van der Waals surface area contributed by atoms with Crippen LogP contribution in [0.1, 0.15) is 91.4 Å². The van der Waals surface area contributed by atoms with Gasteiger partial charge in [0, 0.05) is 19.5 Å². The van der Waals surface area contributed by atoms with Gasteiger partial charge in [0.2, 0.25) is 5.91 Å². The van der Waals surface area contributed by atoms with Crippen molar-refractivity contribution in [1.82, 2.24) is 4.90 Å². The third kappa shape index (κ3) is 4.78. The number of rotatable bonds is 2. The van der Waals surface area contributed by atoms with E-state index in [4.69, 9.17) is 0 Å². The predicted octanol–water partition coefficient (Wildman–Crippen LogP) is 4.77. The minimum absolute atomic E-state index is 0.0755. The number of likely N-dealkylation sites (tertiary alicyclic amines) is 1. The van der Waals surface area contributed by atoms with E-state index in [2.05, 4.69) is 25.7 Å². The number of aliphatic hydroxyl groups is 1. The van der Waals surface area contributed by atoms with Gasteiger partial charge in [-0.1, -0.05) is 20.8 Å². The molecule has 1 spiro atoms. The van der Waals surface area contributed by atoms with Gasteiger partial charge in [-0.25, -0.2) is 0 Å². The average molecular weight is 350 g/mol. The zero-order chi connectivity index (χ0) is 18.1. The number of piperidine rings is 1. The Hall–Kier alpha value is -0.570. The van der Waals surface area contributed by atoms with Gasteiger partial charge in [-0.3, -0.25) is 4.79 Å². The van der Waals surface area contributed by atoms with Gasteiger partial charge in [-0.05, 0) is 86.9 Å². The molecule has 25 heavy (non-hydrogen) atoms. The van der Waals surface area contributed by atoms with Crippen LogP contribution in [0.2, 0.25) is 0 Å². The van der Waals surface area contributed by atoms with Gasteiger partial charge in [0.25, 0.3) is 0 Å². The summed E-state index contributed by atoms with van der Waals surface area (Å²) in [7, 11) is 0. The first-order valence-corrected chi connectivity index (χ1v) is 10.7. The van der Waals surface area contributed by atoms with Crippen LogP contribution in [-0.2, 0) is 4.79 Å². The molecule has 3 nitrogen and oxygen atoms in total. The Kier molecular flexibility index (Phi) is 5.82. The average Bonchev–Trinajstić information content (AvgIpc) is 2.58. The second-order valence-electron chi connectivity index (χ2n) is 10.4. The molecular formula is C22H39NO2. The highest BCUT2D eigenvalue weighted by Crippen LogP contribution is 2.45. The minimum atomic E-state index is -0.0755. The smallest absolute Gasteiger partial charge is 0.222 e. The number of aliphatic hydroxyl groups excluding tert-OH is 1. The fourth-order valence-corrected chi connectivity index (χ4v) is 5.55. The second kappa shape index (κ2) is 7.58. The summed E-state index contributed by atoms with van der Waals surface area (Å²) >= 11 is 0. The standard InChI is InChI=1S/C22H39NO2/c1-21(2,3)18-6-4-17(5-7-18)16-20(25)23-14-12-22(13-15-23)10-8-19(24)9-11-22/h17-19,24H,4-16H2,1-3H3. The van der Waals surface area contributed by atoms with E-state index in [9.17, 15) is 9.90 Å². The Balaban J connectivity index is 1.42. The molecular weight excluding hydrogens is 310 g/mol. The molecule has 0 radical (unpaired) electrons. The largest absolute Gasteiger partial charge is 0.393 e. The maximum atomic E-state index is 12.8. The molecule has 1 N–H and O–H groups in total. The van der Waals surface area contributed by atoms with Crippen LogP contribution in [-0.4, -0.2) is 35.1 Å². The maximum absolute atomic E-state index is 12.8. The zero-order valence-corrected chi connectivity index (χ0v) is 16.7. The Morgan fingerprint density at radius 3 is 2.04 bits per heavy atom. The highest BCUT2D eigenvalue weighted by atomic mass is 16.3. The van der Waals surface area contributed by atoms with E-state index in [-0.39, 0.29) is 6.10 Å². The molecule has 1 aliphatic heterocycles. The molecule has 0 aromatic rings. The molecule has 3 rings (SSSR count). The zero-order valence-electron chi connectivity index (χ0n) is 16.7. The van der Waals surface area contributed by atoms with Crippen LogP contribution < -0.4 is 0 Å². The monoisotopic (exact) mass is 349 g/mol. The summed E-state index contributed by atoms with van der Waals surface area (Å²) in [5.41, 5.74) is 0.852. The van der Waals surface area contributed by atoms with E-state index < -0.39 is 0 Å². The highest BCUT2D eigenvalue weighted by molar-refractivity contribution is 5.76. The molecule has 0 aromatic carbocycles. The van der Waals surface area contributed by atoms with E-state index >= 15 is 0 Å². The van der Waals surface area contributed by atoms with Gasteiger partial charge in [-0.2, -0.15) is 0 Å². The van der Waals surface area contributed by atoms with E-state index in [0.717, 1.165) is 64.0 Å². The molecule has 2 saturated carbocycles. The molecule has 0 unspecified atom stereocenters. The second-order valence-corrected chi connectivity index (χ2v) is 10.4. The van der Waals surface area contributed by atoms with Gasteiger partial charge < -0.3 is 10.0 Å². The number of carbonyl (C=O) groups is 1. The lowest BCUT2D eigenvalue weighted by Gasteiger charge is -2.45. The fraction of sp³-hybridized carbons (Fsp3) is 0.955. The third-order valence-corrected chi connectivity index (χ3v) is 7.73. The van der Waals surface area contributed by atoms with Crippen molar-refractivity contribution in [2.45, 2.75) is 97.5 Å². The van der Waals surface area contributed by atoms with Crippen molar-refractivity contribution >= 4 is 5.91 Å². The summed E-state index contributed by atoms with van der Waals surface area (Å²) in [5, 5.41) is 9.75.